The fourth-order valence-electron chi connectivity index (χ4n) is 1.93. The standard InChI is InChI=1S/C12H17ClN4O/c1-3-5-16-8-9(6-14-16)12(18)11-10(13)7-15-17(11)4-2/h6-8,12,18H,3-5H2,1-2H3. The first kappa shape index (κ1) is 13.1. The van der Waals surface area contributed by atoms with Gasteiger partial charge in [-0.3, -0.25) is 9.36 Å². The second-order valence-electron chi connectivity index (χ2n) is 4.13. The molecule has 0 amide bonds. The van der Waals surface area contributed by atoms with Crippen LogP contribution in [-0.2, 0) is 13.1 Å². The van der Waals surface area contributed by atoms with Crippen LogP contribution in [0, 0.1) is 0 Å². The Morgan fingerprint density at radius 3 is 2.78 bits per heavy atom. The Morgan fingerprint density at radius 1 is 1.33 bits per heavy atom. The molecule has 1 atom stereocenters. The highest BCUT2D eigenvalue weighted by Gasteiger charge is 2.20. The van der Waals surface area contributed by atoms with Crippen LogP contribution in [0.1, 0.15) is 37.6 Å². The monoisotopic (exact) mass is 268 g/mol. The van der Waals surface area contributed by atoms with E-state index in [4.69, 9.17) is 11.6 Å². The molecule has 0 aromatic carbocycles. The molecule has 0 aliphatic rings. The number of hydrogen-bond donors (Lipinski definition) is 1. The molecule has 98 valence electrons. The third-order valence-corrected chi connectivity index (χ3v) is 3.10. The van der Waals surface area contributed by atoms with Gasteiger partial charge in [-0.2, -0.15) is 10.2 Å². The molecule has 0 fully saturated rings. The molecule has 0 aliphatic heterocycles. The van der Waals surface area contributed by atoms with Crippen LogP contribution in [0.25, 0.3) is 0 Å². The molecule has 0 aliphatic carbocycles. The van der Waals surface area contributed by atoms with Crippen molar-refractivity contribution in [1.82, 2.24) is 19.6 Å². The normalized spacial score (nSPS) is 12.9. The van der Waals surface area contributed by atoms with E-state index in [2.05, 4.69) is 17.1 Å². The van der Waals surface area contributed by atoms with Crippen LogP contribution in [0.2, 0.25) is 5.02 Å². The van der Waals surface area contributed by atoms with E-state index in [9.17, 15) is 5.11 Å². The molecular weight excluding hydrogens is 252 g/mol. The number of aliphatic hydroxyl groups is 1. The smallest absolute Gasteiger partial charge is 0.125 e. The number of aryl methyl sites for hydroxylation is 2. The number of rotatable bonds is 5. The number of aliphatic hydroxyl groups excluding tert-OH is 1. The molecule has 6 heteroatoms. The van der Waals surface area contributed by atoms with E-state index in [0.717, 1.165) is 18.5 Å². The van der Waals surface area contributed by atoms with Crippen molar-refractivity contribution < 1.29 is 5.11 Å². The van der Waals surface area contributed by atoms with Crippen LogP contribution < -0.4 is 0 Å². The molecule has 18 heavy (non-hydrogen) atoms. The summed E-state index contributed by atoms with van der Waals surface area (Å²) in [6, 6.07) is 0. The van der Waals surface area contributed by atoms with Crippen LogP contribution in [0.5, 0.6) is 0 Å². The summed E-state index contributed by atoms with van der Waals surface area (Å²) in [6.07, 6.45) is 5.29. The van der Waals surface area contributed by atoms with E-state index >= 15 is 0 Å². The van der Waals surface area contributed by atoms with Crippen molar-refractivity contribution in [3.05, 3.63) is 34.9 Å². The number of hydrogen-bond acceptors (Lipinski definition) is 3. The first-order valence-electron chi connectivity index (χ1n) is 6.09. The van der Waals surface area contributed by atoms with Gasteiger partial charge in [0.05, 0.1) is 23.1 Å². The quantitative estimate of drug-likeness (QED) is 0.905. The highest BCUT2D eigenvalue weighted by Crippen LogP contribution is 2.27. The average molecular weight is 269 g/mol. The highest BCUT2D eigenvalue weighted by atomic mass is 35.5. The minimum atomic E-state index is -0.787. The second-order valence-corrected chi connectivity index (χ2v) is 4.54. The predicted octanol–water partition coefficient (Wildman–Crippen LogP) is 2.24. The summed E-state index contributed by atoms with van der Waals surface area (Å²) >= 11 is 6.07. The number of aromatic nitrogens is 4. The Bertz CT molecular complexity index is 520. The summed E-state index contributed by atoms with van der Waals surface area (Å²) in [5, 5.41) is 19.2. The third kappa shape index (κ3) is 2.42. The maximum atomic E-state index is 10.4. The van der Waals surface area contributed by atoms with E-state index in [1.165, 1.54) is 0 Å². The summed E-state index contributed by atoms with van der Waals surface area (Å²) in [6.45, 7) is 5.55. The molecule has 0 radical (unpaired) electrons. The lowest BCUT2D eigenvalue weighted by Crippen LogP contribution is -2.09. The molecule has 0 saturated heterocycles. The summed E-state index contributed by atoms with van der Waals surface area (Å²) in [4.78, 5) is 0. The van der Waals surface area contributed by atoms with Gasteiger partial charge in [-0.25, -0.2) is 0 Å². The van der Waals surface area contributed by atoms with Gasteiger partial charge in [0.1, 0.15) is 6.10 Å². The third-order valence-electron chi connectivity index (χ3n) is 2.81. The lowest BCUT2D eigenvalue weighted by Gasteiger charge is -2.11. The van der Waals surface area contributed by atoms with Gasteiger partial charge in [-0.1, -0.05) is 18.5 Å². The molecule has 1 unspecified atom stereocenters. The summed E-state index contributed by atoms with van der Waals surface area (Å²) in [7, 11) is 0. The fourth-order valence-corrected chi connectivity index (χ4v) is 2.17. The van der Waals surface area contributed by atoms with Crippen molar-refractivity contribution in [2.24, 2.45) is 0 Å². The number of halogens is 1. The topological polar surface area (TPSA) is 55.9 Å². The van der Waals surface area contributed by atoms with Crippen molar-refractivity contribution in [3.8, 4) is 0 Å². The van der Waals surface area contributed by atoms with Gasteiger partial charge in [-0.15, -0.1) is 0 Å². The maximum Gasteiger partial charge on any atom is 0.125 e. The number of nitrogens with zero attached hydrogens (tertiary/aromatic N) is 4. The molecule has 0 bridgehead atoms. The summed E-state index contributed by atoms with van der Waals surface area (Å²) in [5.74, 6) is 0. The van der Waals surface area contributed by atoms with Crippen LogP contribution in [0.4, 0.5) is 0 Å². The highest BCUT2D eigenvalue weighted by molar-refractivity contribution is 6.31. The van der Waals surface area contributed by atoms with Crippen molar-refractivity contribution in [2.45, 2.75) is 39.5 Å². The van der Waals surface area contributed by atoms with Crippen molar-refractivity contribution in [1.29, 1.82) is 0 Å². The summed E-state index contributed by atoms with van der Waals surface area (Å²) in [5.41, 5.74) is 1.36. The Morgan fingerprint density at radius 2 is 2.11 bits per heavy atom. The Kier molecular flexibility index (Phi) is 4.04. The minimum absolute atomic E-state index is 0.479. The minimum Gasteiger partial charge on any atom is -0.382 e. The van der Waals surface area contributed by atoms with Crippen LogP contribution >= 0.6 is 11.6 Å². The molecule has 0 saturated carbocycles. The SMILES string of the molecule is CCCn1cc(C(O)c2c(Cl)cnn2CC)cn1. The lowest BCUT2D eigenvalue weighted by molar-refractivity contribution is 0.208. The van der Waals surface area contributed by atoms with Gasteiger partial charge in [0.25, 0.3) is 0 Å². The van der Waals surface area contributed by atoms with Gasteiger partial charge in [0.2, 0.25) is 0 Å². The fraction of sp³-hybridized carbons (Fsp3) is 0.500. The zero-order valence-electron chi connectivity index (χ0n) is 10.5. The molecular formula is C12H17ClN4O. The predicted molar refractivity (Wildman–Crippen MR) is 69.5 cm³/mol. The maximum absolute atomic E-state index is 10.4. The van der Waals surface area contributed by atoms with E-state index in [1.807, 2.05) is 17.8 Å². The van der Waals surface area contributed by atoms with Crippen LogP contribution in [0.3, 0.4) is 0 Å². The Hall–Kier alpha value is -1.33. The van der Waals surface area contributed by atoms with Gasteiger partial charge < -0.3 is 5.11 Å². The Balaban J connectivity index is 2.28. The van der Waals surface area contributed by atoms with Crippen molar-refractivity contribution in [2.75, 3.05) is 0 Å². The van der Waals surface area contributed by atoms with Gasteiger partial charge in [0.15, 0.2) is 0 Å². The molecule has 2 aromatic heterocycles. The second kappa shape index (κ2) is 5.54. The first-order valence-corrected chi connectivity index (χ1v) is 6.46. The zero-order chi connectivity index (χ0) is 13.1. The largest absolute Gasteiger partial charge is 0.382 e. The average Bonchev–Trinajstić information content (AvgIpc) is 2.95. The van der Waals surface area contributed by atoms with E-state index < -0.39 is 6.10 Å². The molecule has 2 rings (SSSR count). The molecule has 5 nitrogen and oxygen atoms in total. The lowest BCUT2D eigenvalue weighted by atomic mass is 10.1. The molecule has 0 spiro atoms. The van der Waals surface area contributed by atoms with Crippen molar-refractivity contribution in [3.63, 3.8) is 0 Å². The Labute approximate surface area is 111 Å². The van der Waals surface area contributed by atoms with Gasteiger partial charge in [0, 0.05) is 24.8 Å². The van der Waals surface area contributed by atoms with E-state index in [0.29, 0.717) is 17.3 Å². The first-order chi connectivity index (χ1) is 8.67. The van der Waals surface area contributed by atoms with E-state index in [-0.39, 0.29) is 0 Å². The summed E-state index contributed by atoms with van der Waals surface area (Å²) < 4.78 is 3.52. The van der Waals surface area contributed by atoms with Crippen LogP contribution in [0.15, 0.2) is 18.6 Å². The molecule has 1 N–H and O–H groups in total. The zero-order valence-corrected chi connectivity index (χ0v) is 11.3. The van der Waals surface area contributed by atoms with Crippen molar-refractivity contribution >= 4 is 11.6 Å². The van der Waals surface area contributed by atoms with Gasteiger partial charge in [-0.05, 0) is 13.3 Å². The molecule has 2 heterocycles. The molecule has 2 aromatic rings. The van der Waals surface area contributed by atoms with E-state index in [1.54, 1.807) is 17.1 Å². The van der Waals surface area contributed by atoms with Gasteiger partial charge >= 0.3 is 0 Å². The van der Waals surface area contributed by atoms with Crippen LogP contribution in [-0.4, -0.2) is 24.7 Å².